The van der Waals surface area contributed by atoms with Crippen molar-refractivity contribution < 1.29 is 9.84 Å². The number of aryl methyl sites for hydroxylation is 1. The van der Waals surface area contributed by atoms with Gasteiger partial charge in [-0.15, -0.1) is 0 Å². The molecule has 1 aliphatic rings. The van der Waals surface area contributed by atoms with Crippen LogP contribution in [0.15, 0.2) is 36.4 Å². The lowest BCUT2D eigenvalue weighted by Crippen LogP contribution is -2.12. The third-order valence-corrected chi connectivity index (χ3v) is 4.13. The van der Waals surface area contributed by atoms with Crippen molar-refractivity contribution in [1.29, 1.82) is 5.26 Å². The highest BCUT2D eigenvalue weighted by Gasteiger charge is 2.16. The van der Waals surface area contributed by atoms with Gasteiger partial charge in [-0.25, -0.2) is 0 Å². The summed E-state index contributed by atoms with van der Waals surface area (Å²) in [5, 5.41) is 23.4. The Morgan fingerprint density at radius 3 is 2.91 bits per heavy atom. The van der Waals surface area contributed by atoms with Crippen molar-refractivity contribution in [3.05, 3.63) is 58.1 Å². The van der Waals surface area contributed by atoms with Crippen LogP contribution in [-0.4, -0.2) is 11.7 Å². The van der Waals surface area contributed by atoms with E-state index in [1.165, 1.54) is 0 Å². The summed E-state index contributed by atoms with van der Waals surface area (Å²) in [5.41, 5.74) is 2.94. The third kappa shape index (κ3) is 3.58. The van der Waals surface area contributed by atoms with E-state index in [4.69, 9.17) is 21.6 Å². The number of nitrogens with one attached hydrogen (secondary N) is 1. The second kappa shape index (κ2) is 6.91. The fourth-order valence-electron chi connectivity index (χ4n) is 2.72. The van der Waals surface area contributed by atoms with E-state index in [9.17, 15) is 5.11 Å². The second-order valence-corrected chi connectivity index (χ2v) is 5.95. The number of fused-ring (bicyclic) bond motifs is 2. The van der Waals surface area contributed by atoms with Gasteiger partial charge in [-0.1, -0.05) is 17.7 Å². The van der Waals surface area contributed by atoms with Crippen molar-refractivity contribution in [1.82, 2.24) is 0 Å². The average molecular weight is 329 g/mol. The zero-order valence-corrected chi connectivity index (χ0v) is 13.3. The van der Waals surface area contributed by atoms with Gasteiger partial charge >= 0.3 is 0 Å². The van der Waals surface area contributed by atoms with Gasteiger partial charge in [0.1, 0.15) is 5.75 Å². The molecule has 23 heavy (non-hydrogen) atoms. The molecule has 118 valence electrons. The van der Waals surface area contributed by atoms with Gasteiger partial charge in [-0.3, -0.25) is 0 Å². The van der Waals surface area contributed by atoms with Crippen molar-refractivity contribution in [3.8, 4) is 11.8 Å². The summed E-state index contributed by atoms with van der Waals surface area (Å²) in [6.45, 7) is 0.590. The molecule has 1 heterocycles. The number of rotatable bonds is 0. The predicted octanol–water partition coefficient (Wildman–Crippen LogP) is 4.03. The number of aliphatic hydroxyl groups excluding tert-OH is 1. The Balaban J connectivity index is 2.00. The number of aliphatic hydroxyl groups is 1. The largest absolute Gasteiger partial charge is 0.491 e. The summed E-state index contributed by atoms with van der Waals surface area (Å²) >= 11 is 6.08. The molecular weight excluding hydrogens is 312 g/mol. The van der Waals surface area contributed by atoms with E-state index < -0.39 is 6.23 Å². The Morgan fingerprint density at radius 1 is 1.22 bits per heavy atom. The van der Waals surface area contributed by atoms with Crippen LogP contribution in [0, 0.1) is 11.3 Å². The normalized spacial score (nSPS) is 17.5. The first-order valence-electron chi connectivity index (χ1n) is 7.57. The lowest BCUT2D eigenvalue weighted by Gasteiger charge is -2.19. The molecule has 0 aromatic heterocycles. The first kappa shape index (κ1) is 15.7. The second-order valence-electron chi connectivity index (χ2n) is 5.52. The van der Waals surface area contributed by atoms with E-state index in [-0.39, 0.29) is 0 Å². The molecule has 5 heteroatoms. The molecule has 0 aliphatic carbocycles. The number of hydrogen-bond acceptors (Lipinski definition) is 4. The molecule has 0 bridgehead atoms. The number of hydrogen-bond donors (Lipinski definition) is 2. The van der Waals surface area contributed by atoms with Crippen LogP contribution >= 0.6 is 11.6 Å². The average Bonchev–Trinajstić information content (AvgIpc) is 2.57. The van der Waals surface area contributed by atoms with Crippen LogP contribution in [0.25, 0.3) is 0 Å². The first-order valence-corrected chi connectivity index (χ1v) is 7.95. The van der Waals surface area contributed by atoms with Crippen molar-refractivity contribution in [2.75, 3.05) is 11.9 Å². The van der Waals surface area contributed by atoms with Crippen LogP contribution in [-0.2, 0) is 6.42 Å². The summed E-state index contributed by atoms with van der Waals surface area (Å²) in [4.78, 5) is 0. The number of nitriles is 1. The van der Waals surface area contributed by atoms with E-state index in [1.807, 2.05) is 12.1 Å². The topological polar surface area (TPSA) is 65.3 Å². The smallest absolute Gasteiger partial charge is 0.151 e. The number of nitrogens with zero attached hydrogens (tertiary/aromatic N) is 1. The fraction of sp³-hybridized carbons (Fsp3) is 0.278. The van der Waals surface area contributed by atoms with Crippen molar-refractivity contribution in [2.24, 2.45) is 0 Å². The zero-order valence-electron chi connectivity index (χ0n) is 12.6. The van der Waals surface area contributed by atoms with Crippen LogP contribution in [0.4, 0.5) is 5.69 Å². The minimum Gasteiger partial charge on any atom is -0.491 e. The van der Waals surface area contributed by atoms with E-state index >= 15 is 0 Å². The lowest BCUT2D eigenvalue weighted by atomic mass is 10.0. The molecule has 4 nitrogen and oxygen atoms in total. The van der Waals surface area contributed by atoms with Gasteiger partial charge < -0.3 is 15.2 Å². The van der Waals surface area contributed by atoms with Gasteiger partial charge in [-0.05, 0) is 55.2 Å². The fourth-order valence-corrected chi connectivity index (χ4v) is 2.92. The molecule has 3 rings (SSSR count). The van der Waals surface area contributed by atoms with Crippen molar-refractivity contribution >= 4 is 17.3 Å². The Morgan fingerprint density at radius 2 is 2.09 bits per heavy atom. The van der Waals surface area contributed by atoms with Gasteiger partial charge in [0.05, 0.1) is 23.9 Å². The first-order chi connectivity index (χ1) is 11.2. The quantitative estimate of drug-likeness (QED) is 0.766. The summed E-state index contributed by atoms with van der Waals surface area (Å²) < 4.78 is 5.78. The van der Waals surface area contributed by atoms with Gasteiger partial charge in [0.25, 0.3) is 0 Å². The standard InChI is InChI=1S/C18H17ClN2O2/c19-14-5-6-15-13(10-14)3-1-2-8-23-17-7-4-12(11-20)9-16(17)21-18(15)22/h4-7,9-10,18,21-22H,1-3,8H2. The Labute approximate surface area is 140 Å². The van der Waals surface area contributed by atoms with Crippen LogP contribution in [0.5, 0.6) is 5.75 Å². The summed E-state index contributed by atoms with van der Waals surface area (Å²) in [5.74, 6) is 0.639. The lowest BCUT2D eigenvalue weighted by molar-refractivity contribution is 0.206. The van der Waals surface area contributed by atoms with E-state index in [0.29, 0.717) is 28.6 Å². The molecule has 1 aliphatic heterocycles. The molecule has 0 saturated carbocycles. The van der Waals surface area contributed by atoms with Gasteiger partial charge in [0, 0.05) is 10.6 Å². The van der Waals surface area contributed by atoms with Crippen molar-refractivity contribution in [2.45, 2.75) is 25.5 Å². The molecule has 2 aromatic carbocycles. The highest BCUT2D eigenvalue weighted by atomic mass is 35.5. The van der Waals surface area contributed by atoms with Gasteiger partial charge in [-0.2, -0.15) is 5.26 Å². The molecule has 0 amide bonds. The predicted molar refractivity (Wildman–Crippen MR) is 89.6 cm³/mol. The molecule has 0 spiro atoms. The summed E-state index contributed by atoms with van der Waals surface area (Å²) in [6.07, 6.45) is 1.79. The van der Waals surface area contributed by atoms with Crippen LogP contribution in [0.1, 0.15) is 35.8 Å². The number of ether oxygens (including phenoxy) is 1. The molecule has 0 fully saturated rings. The van der Waals surface area contributed by atoms with E-state index in [2.05, 4.69) is 11.4 Å². The third-order valence-electron chi connectivity index (χ3n) is 3.90. The number of anilines is 1. The zero-order chi connectivity index (χ0) is 16.2. The van der Waals surface area contributed by atoms with Gasteiger partial charge in [0.2, 0.25) is 0 Å². The number of halogens is 1. The minimum atomic E-state index is -0.892. The highest BCUT2D eigenvalue weighted by Crippen LogP contribution is 2.31. The van der Waals surface area contributed by atoms with Crippen LogP contribution in [0.2, 0.25) is 5.02 Å². The molecular formula is C18H17ClN2O2. The molecule has 2 aromatic rings. The number of benzene rings is 2. The molecule has 1 unspecified atom stereocenters. The Kier molecular flexibility index (Phi) is 4.71. The maximum absolute atomic E-state index is 10.6. The SMILES string of the molecule is N#Cc1ccc2c(c1)NC(O)c1ccc(Cl)cc1CCCCO2. The Hall–Kier alpha value is -2.22. The summed E-state index contributed by atoms with van der Waals surface area (Å²) in [6, 6.07) is 12.8. The van der Waals surface area contributed by atoms with Crippen molar-refractivity contribution in [3.63, 3.8) is 0 Å². The highest BCUT2D eigenvalue weighted by molar-refractivity contribution is 6.30. The maximum atomic E-state index is 10.6. The molecule has 2 N–H and O–H groups in total. The minimum absolute atomic E-state index is 0.512. The van der Waals surface area contributed by atoms with Crippen LogP contribution < -0.4 is 10.1 Å². The van der Waals surface area contributed by atoms with E-state index in [0.717, 1.165) is 30.4 Å². The van der Waals surface area contributed by atoms with Gasteiger partial charge in [0.15, 0.2) is 6.23 Å². The maximum Gasteiger partial charge on any atom is 0.151 e. The van der Waals surface area contributed by atoms with Crippen LogP contribution in [0.3, 0.4) is 0 Å². The van der Waals surface area contributed by atoms with E-state index in [1.54, 1.807) is 24.3 Å². The Bertz CT molecular complexity index is 755. The molecule has 0 saturated heterocycles. The molecule has 0 radical (unpaired) electrons. The monoisotopic (exact) mass is 328 g/mol. The molecule has 1 atom stereocenters. The summed E-state index contributed by atoms with van der Waals surface area (Å²) in [7, 11) is 0.